The summed E-state index contributed by atoms with van der Waals surface area (Å²) >= 11 is 1.45. The number of rotatable bonds is 3. The van der Waals surface area contributed by atoms with Crippen molar-refractivity contribution in [2.24, 2.45) is 7.05 Å². The Balaban J connectivity index is 1.95. The number of nitriles is 1. The molecule has 0 radical (unpaired) electrons. The van der Waals surface area contributed by atoms with Crippen LogP contribution in [0.1, 0.15) is 10.6 Å². The lowest BCUT2D eigenvalue weighted by Crippen LogP contribution is -1.84. The van der Waals surface area contributed by atoms with Crippen LogP contribution >= 0.6 is 11.3 Å². The van der Waals surface area contributed by atoms with Crippen LogP contribution in [0, 0.1) is 11.3 Å². The standard InChI is InChI=1S/C15H11N5S/c1-20-9-11(8-18-20)6-13(7-16)15-19-14(10-21-15)12-2-4-17-5-3-12/h2-6,8-10H,1H3/b13-6-. The molecule has 0 bridgehead atoms. The quantitative estimate of drug-likeness (QED) is 0.696. The molecule has 5 nitrogen and oxygen atoms in total. The minimum absolute atomic E-state index is 0.535. The molecule has 0 saturated heterocycles. The van der Waals surface area contributed by atoms with Crippen molar-refractivity contribution in [1.29, 1.82) is 5.26 Å². The van der Waals surface area contributed by atoms with Gasteiger partial charge in [0.2, 0.25) is 0 Å². The third-order valence-corrected chi connectivity index (χ3v) is 3.74. The zero-order valence-electron chi connectivity index (χ0n) is 11.3. The van der Waals surface area contributed by atoms with Gasteiger partial charge in [0.25, 0.3) is 0 Å². The monoisotopic (exact) mass is 293 g/mol. The van der Waals surface area contributed by atoms with Crippen LogP contribution in [-0.4, -0.2) is 19.7 Å². The first-order valence-corrected chi connectivity index (χ1v) is 7.11. The van der Waals surface area contributed by atoms with E-state index in [4.69, 9.17) is 0 Å². The Labute approximate surface area is 125 Å². The van der Waals surface area contributed by atoms with Crippen LogP contribution in [0.15, 0.2) is 42.3 Å². The summed E-state index contributed by atoms with van der Waals surface area (Å²) in [5, 5.41) is 16.1. The zero-order chi connectivity index (χ0) is 14.7. The lowest BCUT2D eigenvalue weighted by molar-refractivity contribution is 0.767. The van der Waals surface area contributed by atoms with Gasteiger partial charge in [-0.3, -0.25) is 9.67 Å². The van der Waals surface area contributed by atoms with E-state index >= 15 is 0 Å². The summed E-state index contributed by atoms with van der Waals surface area (Å²) in [5.41, 5.74) is 3.26. The highest BCUT2D eigenvalue weighted by molar-refractivity contribution is 7.11. The van der Waals surface area contributed by atoms with E-state index in [1.807, 2.05) is 30.8 Å². The molecular weight excluding hydrogens is 282 g/mol. The van der Waals surface area contributed by atoms with E-state index in [0.717, 1.165) is 16.8 Å². The van der Waals surface area contributed by atoms with Crippen molar-refractivity contribution >= 4 is 23.0 Å². The summed E-state index contributed by atoms with van der Waals surface area (Å²) in [6, 6.07) is 6.00. The highest BCUT2D eigenvalue weighted by atomic mass is 32.1. The van der Waals surface area contributed by atoms with Gasteiger partial charge < -0.3 is 0 Å². The van der Waals surface area contributed by atoms with E-state index < -0.39 is 0 Å². The van der Waals surface area contributed by atoms with E-state index in [1.54, 1.807) is 29.3 Å². The predicted octanol–water partition coefficient (Wildman–Crippen LogP) is 3.00. The van der Waals surface area contributed by atoms with Gasteiger partial charge in [-0.15, -0.1) is 11.3 Å². The minimum Gasteiger partial charge on any atom is -0.275 e. The van der Waals surface area contributed by atoms with E-state index in [0.29, 0.717) is 10.6 Å². The van der Waals surface area contributed by atoms with Gasteiger partial charge in [0, 0.05) is 42.1 Å². The smallest absolute Gasteiger partial charge is 0.134 e. The van der Waals surface area contributed by atoms with Crippen molar-refractivity contribution in [3.8, 4) is 17.3 Å². The van der Waals surface area contributed by atoms with Crippen LogP contribution in [-0.2, 0) is 7.05 Å². The molecule has 3 aromatic rings. The van der Waals surface area contributed by atoms with Gasteiger partial charge in [-0.1, -0.05) is 0 Å². The van der Waals surface area contributed by atoms with Crippen molar-refractivity contribution in [1.82, 2.24) is 19.7 Å². The number of hydrogen-bond donors (Lipinski definition) is 0. The van der Waals surface area contributed by atoms with E-state index in [9.17, 15) is 5.26 Å². The first kappa shape index (κ1) is 13.2. The van der Waals surface area contributed by atoms with Crippen molar-refractivity contribution in [2.75, 3.05) is 0 Å². The predicted molar refractivity (Wildman–Crippen MR) is 82.0 cm³/mol. The average molecular weight is 293 g/mol. The van der Waals surface area contributed by atoms with Gasteiger partial charge in [-0.05, 0) is 18.2 Å². The number of pyridine rings is 1. The summed E-state index contributed by atoms with van der Waals surface area (Å²) in [7, 11) is 1.84. The summed E-state index contributed by atoms with van der Waals surface area (Å²) < 4.78 is 1.70. The summed E-state index contributed by atoms with van der Waals surface area (Å²) in [6.45, 7) is 0. The number of thiazole rings is 1. The fourth-order valence-corrected chi connectivity index (χ4v) is 2.67. The highest BCUT2D eigenvalue weighted by Crippen LogP contribution is 2.26. The topological polar surface area (TPSA) is 67.4 Å². The molecule has 21 heavy (non-hydrogen) atoms. The van der Waals surface area contributed by atoms with Gasteiger partial charge in [0.1, 0.15) is 11.1 Å². The van der Waals surface area contributed by atoms with Gasteiger partial charge in [-0.25, -0.2) is 4.98 Å². The molecule has 3 aromatic heterocycles. The molecule has 102 valence electrons. The number of allylic oxidation sites excluding steroid dienone is 1. The fourth-order valence-electron chi connectivity index (χ4n) is 1.88. The number of aryl methyl sites for hydroxylation is 1. The zero-order valence-corrected chi connectivity index (χ0v) is 12.1. The Kier molecular flexibility index (Phi) is 3.58. The molecular formula is C15H11N5S. The Morgan fingerprint density at radius 2 is 2.19 bits per heavy atom. The lowest BCUT2D eigenvalue weighted by Gasteiger charge is -1.94. The normalized spacial score (nSPS) is 11.3. The van der Waals surface area contributed by atoms with Crippen LogP contribution in [0.5, 0.6) is 0 Å². The Bertz CT molecular complexity index is 823. The number of hydrogen-bond acceptors (Lipinski definition) is 5. The fraction of sp³-hybridized carbons (Fsp3) is 0.0667. The second-order valence-corrected chi connectivity index (χ2v) is 5.25. The van der Waals surface area contributed by atoms with Gasteiger partial charge in [0.15, 0.2) is 0 Å². The first-order chi connectivity index (χ1) is 10.3. The van der Waals surface area contributed by atoms with Crippen molar-refractivity contribution < 1.29 is 0 Å². The third-order valence-electron chi connectivity index (χ3n) is 2.87. The highest BCUT2D eigenvalue weighted by Gasteiger charge is 2.09. The third kappa shape index (κ3) is 2.88. The molecule has 3 rings (SSSR count). The second kappa shape index (κ2) is 5.69. The number of nitrogens with zero attached hydrogens (tertiary/aromatic N) is 5. The van der Waals surface area contributed by atoms with Crippen LogP contribution in [0.3, 0.4) is 0 Å². The minimum atomic E-state index is 0.535. The van der Waals surface area contributed by atoms with Gasteiger partial charge in [0.05, 0.1) is 17.5 Å². The molecule has 0 atom stereocenters. The molecule has 0 amide bonds. The van der Waals surface area contributed by atoms with Crippen LogP contribution < -0.4 is 0 Å². The van der Waals surface area contributed by atoms with Crippen molar-refractivity contribution in [3.05, 3.63) is 52.9 Å². The Morgan fingerprint density at radius 3 is 2.86 bits per heavy atom. The SMILES string of the molecule is Cn1cc(/C=C(/C#N)c2nc(-c3ccncc3)cs2)cn1. The summed E-state index contributed by atoms with van der Waals surface area (Å²) in [5.74, 6) is 0. The molecule has 0 aliphatic carbocycles. The van der Waals surface area contributed by atoms with Crippen LogP contribution in [0.2, 0.25) is 0 Å². The van der Waals surface area contributed by atoms with Crippen LogP contribution in [0.4, 0.5) is 0 Å². The van der Waals surface area contributed by atoms with Crippen molar-refractivity contribution in [3.63, 3.8) is 0 Å². The molecule has 0 spiro atoms. The molecule has 6 heteroatoms. The molecule has 0 N–H and O–H groups in total. The van der Waals surface area contributed by atoms with Gasteiger partial charge in [-0.2, -0.15) is 10.4 Å². The molecule has 0 aliphatic heterocycles. The second-order valence-electron chi connectivity index (χ2n) is 4.39. The van der Waals surface area contributed by atoms with E-state index in [2.05, 4.69) is 21.1 Å². The summed E-state index contributed by atoms with van der Waals surface area (Å²) in [4.78, 5) is 8.52. The van der Waals surface area contributed by atoms with Gasteiger partial charge >= 0.3 is 0 Å². The van der Waals surface area contributed by atoms with Crippen molar-refractivity contribution in [2.45, 2.75) is 0 Å². The summed E-state index contributed by atoms with van der Waals surface area (Å²) in [6.07, 6.45) is 8.82. The van der Waals surface area contributed by atoms with E-state index in [-0.39, 0.29) is 0 Å². The molecule has 0 aliphatic rings. The Morgan fingerprint density at radius 1 is 1.38 bits per heavy atom. The maximum absolute atomic E-state index is 9.34. The Hall–Kier alpha value is -2.78. The molecule has 0 saturated carbocycles. The first-order valence-electron chi connectivity index (χ1n) is 6.23. The number of aromatic nitrogens is 4. The molecule has 0 unspecified atom stereocenters. The molecule has 0 fully saturated rings. The lowest BCUT2D eigenvalue weighted by atomic mass is 10.2. The van der Waals surface area contributed by atoms with Crippen LogP contribution in [0.25, 0.3) is 22.9 Å². The molecule has 3 heterocycles. The maximum Gasteiger partial charge on any atom is 0.134 e. The maximum atomic E-state index is 9.34. The molecule has 0 aromatic carbocycles. The van der Waals surface area contributed by atoms with E-state index in [1.165, 1.54) is 11.3 Å². The average Bonchev–Trinajstić information content (AvgIpc) is 3.15. The largest absolute Gasteiger partial charge is 0.275 e.